The third-order valence-corrected chi connectivity index (χ3v) is 2.43. The zero-order valence-electron chi connectivity index (χ0n) is 10.1. The van der Waals surface area contributed by atoms with E-state index in [1.807, 2.05) is 56.3 Å². The number of aliphatic imine (C=N–C) groups is 1. The van der Waals surface area contributed by atoms with Gasteiger partial charge in [-0.3, -0.25) is 4.99 Å². The van der Waals surface area contributed by atoms with Crippen LogP contribution in [-0.2, 0) is 0 Å². The maximum atomic E-state index is 5.38. The van der Waals surface area contributed by atoms with E-state index in [9.17, 15) is 0 Å². The number of nitrogens with zero attached hydrogens (tertiary/aromatic N) is 1. The summed E-state index contributed by atoms with van der Waals surface area (Å²) in [6, 6.07) is 7.78. The quantitative estimate of drug-likeness (QED) is 0.563. The molecule has 1 aliphatic carbocycles. The van der Waals surface area contributed by atoms with Crippen LogP contribution in [0.25, 0.3) is 0 Å². The average molecular weight is 225 g/mol. The molecule has 1 aliphatic rings. The Kier molecular flexibility index (Phi) is 3.59. The van der Waals surface area contributed by atoms with Crippen molar-refractivity contribution < 1.29 is 4.74 Å². The van der Waals surface area contributed by atoms with Crippen LogP contribution in [0.4, 0.5) is 5.69 Å². The molecule has 86 valence electrons. The van der Waals surface area contributed by atoms with Crippen molar-refractivity contribution in [2.45, 2.75) is 13.8 Å². The molecule has 1 aromatic rings. The number of allylic oxidation sites excluding steroid dienone is 3. The fourth-order valence-electron chi connectivity index (χ4n) is 1.59. The number of hydrogen-bond acceptors (Lipinski definition) is 2. The molecule has 0 radical (unpaired) electrons. The topological polar surface area (TPSA) is 21.6 Å². The fraction of sp³-hybridized carbons (Fsp3) is 0.200. The summed E-state index contributed by atoms with van der Waals surface area (Å²) < 4.78 is 5.38. The van der Waals surface area contributed by atoms with Gasteiger partial charge in [0.25, 0.3) is 0 Å². The summed E-state index contributed by atoms with van der Waals surface area (Å²) in [5.41, 5.74) is 6.08. The van der Waals surface area contributed by atoms with Gasteiger partial charge < -0.3 is 4.74 Å². The van der Waals surface area contributed by atoms with Crippen LogP contribution >= 0.6 is 0 Å². The Labute approximate surface area is 102 Å². The van der Waals surface area contributed by atoms with Crippen molar-refractivity contribution >= 4 is 11.4 Å². The molecule has 0 atom stereocenters. The van der Waals surface area contributed by atoms with Crippen molar-refractivity contribution in [1.82, 2.24) is 0 Å². The summed E-state index contributed by atoms with van der Waals surface area (Å²) in [5, 5.41) is 0. The second-order valence-electron chi connectivity index (χ2n) is 3.71. The summed E-state index contributed by atoms with van der Waals surface area (Å²) >= 11 is 0. The monoisotopic (exact) mass is 225 g/mol. The molecular formula is C15H15NO. The lowest BCUT2D eigenvalue weighted by atomic mass is 10.2. The molecule has 0 bridgehead atoms. The Bertz CT molecular complexity index is 514. The Balaban J connectivity index is 2.15. The Hall–Kier alpha value is -2.05. The van der Waals surface area contributed by atoms with E-state index < -0.39 is 0 Å². The SMILES string of the molecule is CCOc1ccc(N=C(C)C2=C=CC=C2)cc1. The van der Waals surface area contributed by atoms with Crippen LogP contribution in [0.5, 0.6) is 5.75 Å². The van der Waals surface area contributed by atoms with Gasteiger partial charge in [-0.15, -0.1) is 5.73 Å². The van der Waals surface area contributed by atoms with Crippen molar-refractivity contribution in [2.75, 3.05) is 6.61 Å². The summed E-state index contributed by atoms with van der Waals surface area (Å²) in [6.45, 7) is 4.65. The van der Waals surface area contributed by atoms with Crippen molar-refractivity contribution in [1.29, 1.82) is 0 Å². The highest BCUT2D eigenvalue weighted by atomic mass is 16.5. The smallest absolute Gasteiger partial charge is 0.119 e. The minimum absolute atomic E-state index is 0.685. The summed E-state index contributed by atoms with van der Waals surface area (Å²) in [4.78, 5) is 4.53. The van der Waals surface area contributed by atoms with E-state index in [4.69, 9.17) is 4.74 Å². The number of benzene rings is 1. The van der Waals surface area contributed by atoms with Gasteiger partial charge in [-0.2, -0.15) is 0 Å². The predicted molar refractivity (Wildman–Crippen MR) is 71.1 cm³/mol. The van der Waals surface area contributed by atoms with Gasteiger partial charge in [-0.25, -0.2) is 0 Å². The van der Waals surface area contributed by atoms with E-state index in [-0.39, 0.29) is 0 Å². The van der Waals surface area contributed by atoms with Crippen LogP contribution in [0.1, 0.15) is 13.8 Å². The third-order valence-electron chi connectivity index (χ3n) is 2.43. The van der Waals surface area contributed by atoms with Crippen molar-refractivity contribution in [2.24, 2.45) is 4.99 Å². The first kappa shape index (κ1) is 11.4. The predicted octanol–water partition coefficient (Wildman–Crippen LogP) is 3.83. The molecule has 1 aromatic carbocycles. The summed E-state index contributed by atoms with van der Waals surface area (Å²) in [5.74, 6) is 0.879. The molecule has 0 amide bonds. The number of rotatable bonds is 4. The molecule has 0 N–H and O–H groups in total. The molecule has 2 rings (SSSR count). The third kappa shape index (κ3) is 2.96. The standard InChI is InChI=1S/C15H15NO/c1-3-17-15-10-8-14(9-11-15)16-12(2)13-6-4-5-7-13/h4-6,8-11H,3H2,1-2H3. The Morgan fingerprint density at radius 1 is 1.29 bits per heavy atom. The molecule has 0 aliphatic heterocycles. The van der Waals surface area contributed by atoms with Crippen LogP contribution in [0, 0.1) is 0 Å². The van der Waals surface area contributed by atoms with E-state index >= 15 is 0 Å². The van der Waals surface area contributed by atoms with Crippen LogP contribution in [0.15, 0.2) is 58.8 Å². The van der Waals surface area contributed by atoms with Gasteiger partial charge in [0.1, 0.15) is 5.75 Å². The van der Waals surface area contributed by atoms with E-state index in [1.165, 1.54) is 0 Å². The van der Waals surface area contributed by atoms with Gasteiger partial charge in [0, 0.05) is 5.57 Å². The molecule has 17 heavy (non-hydrogen) atoms. The molecule has 2 heteroatoms. The maximum absolute atomic E-state index is 5.38. The molecular weight excluding hydrogens is 210 g/mol. The highest BCUT2D eigenvalue weighted by Gasteiger charge is 2.00. The minimum atomic E-state index is 0.685. The van der Waals surface area contributed by atoms with Crippen LogP contribution < -0.4 is 4.74 Å². The first-order valence-corrected chi connectivity index (χ1v) is 5.71. The molecule has 2 nitrogen and oxygen atoms in total. The number of ether oxygens (including phenoxy) is 1. The zero-order valence-corrected chi connectivity index (χ0v) is 10.1. The minimum Gasteiger partial charge on any atom is -0.494 e. The molecule has 0 saturated heterocycles. The maximum Gasteiger partial charge on any atom is 0.119 e. The van der Waals surface area contributed by atoms with Crippen molar-refractivity contribution in [3.05, 3.63) is 53.8 Å². The molecule has 0 aromatic heterocycles. The Morgan fingerprint density at radius 3 is 2.65 bits per heavy atom. The van der Waals surface area contributed by atoms with E-state index in [2.05, 4.69) is 10.7 Å². The van der Waals surface area contributed by atoms with Gasteiger partial charge in [0.2, 0.25) is 0 Å². The first-order valence-electron chi connectivity index (χ1n) is 5.71. The lowest BCUT2D eigenvalue weighted by molar-refractivity contribution is 0.340. The van der Waals surface area contributed by atoms with Gasteiger partial charge in [-0.05, 0) is 50.3 Å². The molecule has 0 fully saturated rings. The molecule has 0 heterocycles. The second-order valence-corrected chi connectivity index (χ2v) is 3.71. The second kappa shape index (κ2) is 5.33. The van der Waals surface area contributed by atoms with E-state index in [0.717, 1.165) is 22.7 Å². The highest BCUT2D eigenvalue weighted by Crippen LogP contribution is 2.19. The van der Waals surface area contributed by atoms with Crippen LogP contribution in [0.3, 0.4) is 0 Å². The van der Waals surface area contributed by atoms with Crippen LogP contribution in [0.2, 0.25) is 0 Å². The van der Waals surface area contributed by atoms with Gasteiger partial charge in [0.15, 0.2) is 0 Å². The lowest BCUT2D eigenvalue weighted by Gasteiger charge is -2.03. The zero-order chi connectivity index (χ0) is 12.1. The van der Waals surface area contributed by atoms with Crippen LogP contribution in [-0.4, -0.2) is 12.3 Å². The van der Waals surface area contributed by atoms with Gasteiger partial charge in [0.05, 0.1) is 18.0 Å². The summed E-state index contributed by atoms with van der Waals surface area (Å²) in [6.07, 6.45) is 5.87. The fourth-order valence-corrected chi connectivity index (χ4v) is 1.59. The largest absolute Gasteiger partial charge is 0.494 e. The summed E-state index contributed by atoms with van der Waals surface area (Å²) in [7, 11) is 0. The van der Waals surface area contributed by atoms with Crippen molar-refractivity contribution in [3.63, 3.8) is 0 Å². The van der Waals surface area contributed by atoms with E-state index in [0.29, 0.717) is 6.61 Å². The highest BCUT2D eigenvalue weighted by molar-refractivity contribution is 6.02. The molecule has 0 saturated carbocycles. The van der Waals surface area contributed by atoms with Gasteiger partial charge in [-0.1, -0.05) is 6.08 Å². The lowest BCUT2D eigenvalue weighted by Crippen LogP contribution is -1.92. The molecule has 0 unspecified atom stereocenters. The van der Waals surface area contributed by atoms with Crippen molar-refractivity contribution in [3.8, 4) is 5.75 Å². The normalized spacial score (nSPS) is 14.0. The van der Waals surface area contributed by atoms with E-state index in [1.54, 1.807) is 0 Å². The molecule has 0 spiro atoms. The average Bonchev–Trinajstić information content (AvgIpc) is 2.86. The number of hydrogen-bond donors (Lipinski definition) is 0. The van der Waals surface area contributed by atoms with Gasteiger partial charge >= 0.3 is 0 Å². The first-order chi connectivity index (χ1) is 8.29. The Morgan fingerprint density at radius 2 is 2.06 bits per heavy atom.